The molecular weight excluding hydrogens is 926 g/mol. The number of benzene rings is 10. The summed E-state index contributed by atoms with van der Waals surface area (Å²) in [4.78, 5) is 4.94. The van der Waals surface area contributed by atoms with Crippen molar-refractivity contribution in [2.45, 2.75) is 78.6 Å². The predicted octanol–water partition coefficient (Wildman–Crippen LogP) is 18.5. The molecule has 0 bridgehead atoms. The molecule has 0 amide bonds. The maximum Gasteiger partial charge on any atom is 0.333 e. The van der Waals surface area contributed by atoms with Gasteiger partial charge in [0.25, 0.3) is 0 Å². The van der Waals surface area contributed by atoms with Crippen molar-refractivity contribution >= 4 is 128 Å². The Morgan fingerprint density at radius 3 is 1.66 bits per heavy atom. The monoisotopic (exact) mass is 983 g/mol. The van der Waals surface area contributed by atoms with Crippen molar-refractivity contribution in [1.29, 1.82) is 0 Å². The van der Waals surface area contributed by atoms with Gasteiger partial charge in [-0.2, -0.15) is 0 Å². The topological polar surface area (TPSA) is 37.7 Å². The van der Waals surface area contributed by atoms with Gasteiger partial charge in [-0.25, -0.2) is 0 Å². The fourth-order valence-corrected chi connectivity index (χ4v) is 12.9. The molecule has 5 heterocycles. The number of nitrogens with zero attached hydrogens (tertiary/aromatic N) is 3. The minimum Gasteiger partial charge on any atom is -0.454 e. The smallest absolute Gasteiger partial charge is 0.333 e. The average molecular weight is 984 g/mol. The Hall–Kier alpha value is -8.48. The van der Waals surface area contributed by atoms with Gasteiger partial charge in [0.15, 0.2) is 11.2 Å². The fraction of sp³-hybridized carbons (Fsp3) is 0.171. The highest BCUT2D eigenvalue weighted by Gasteiger charge is 2.46. The van der Waals surface area contributed by atoms with Crippen LogP contribution in [-0.2, 0) is 16.2 Å². The highest BCUT2D eigenvalue weighted by Crippen LogP contribution is 2.53. The molecule has 76 heavy (non-hydrogen) atoms. The molecule has 2 aliphatic rings. The van der Waals surface area contributed by atoms with Crippen LogP contribution in [0.3, 0.4) is 0 Å². The van der Waals surface area contributed by atoms with Crippen molar-refractivity contribution in [1.82, 2.24) is 4.48 Å². The van der Waals surface area contributed by atoms with Crippen molar-refractivity contribution in [3.8, 4) is 11.1 Å². The van der Waals surface area contributed by atoms with E-state index in [4.69, 9.17) is 8.83 Å². The van der Waals surface area contributed by atoms with Gasteiger partial charge in [-0.15, -0.1) is 0 Å². The van der Waals surface area contributed by atoms with E-state index in [1.54, 1.807) is 0 Å². The predicted molar refractivity (Wildman–Crippen MR) is 323 cm³/mol. The van der Waals surface area contributed by atoms with E-state index in [9.17, 15) is 0 Å². The lowest BCUT2D eigenvalue weighted by molar-refractivity contribution is 0.590. The number of furan rings is 2. The van der Waals surface area contributed by atoms with E-state index < -0.39 is 0 Å². The number of rotatable bonds is 4. The zero-order chi connectivity index (χ0) is 51.7. The maximum absolute atomic E-state index is 7.28. The summed E-state index contributed by atoms with van der Waals surface area (Å²) in [7, 11) is 0. The van der Waals surface area contributed by atoms with Crippen LogP contribution < -0.4 is 20.7 Å². The largest absolute Gasteiger partial charge is 0.454 e. The molecule has 6 heteroatoms. The van der Waals surface area contributed by atoms with E-state index in [1.165, 1.54) is 71.3 Å². The third kappa shape index (κ3) is 6.40. The number of aromatic nitrogens is 1. The van der Waals surface area contributed by atoms with Gasteiger partial charge >= 0.3 is 6.85 Å². The summed E-state index contributed by atoms with van der Waals surface area (Å²) in [5, 5.41) is 9.43. The second-order valence-corrected chi connectivity index (χ2v) is 24.5. The molecule has 0 unspecified atom stereocenters. The molecule has 368 valence electrons. The Balaban J connectivity index is 1.11. The zero-order valence-electron chi connectivity index (χ0n) is 44.6. The van der Waals surface area contributed by atoms with Gasteiger partial charge in [0.05, 0.1) is 11.4 Å². The number of hydrogen-bond acceptors (Lipinski definition) is 4. The molecule has 15 rings (SSSR count). The number of para-hydroxylation sites is 3. The van der Waals surface area contributed by atoms with Gasteiger partial charge in [-0.1, -0.05) is 165 Å². The van der Waals surface area contributed by atoms with Crippen molar-refractivity contribution in [2.24, 2.45) is 0 Å². The molecular formula is C70H58BN3O2. The summed E-state index contributed by atoms with van der Waals surface area (Å²) in [6, 6.07) is 70.3. The van der Waals surface area contributed by atoms with Crippen LogP contribution in [0.5, 0.6) is 0 Å². The minimum absolute atomic E-state index is 0.00711. The first-order valence-electron chi connectivity index (χ1n) is 26.9. The molecule has 0 radical (unpaired) electrons. The normalized spacial score (nSPS) is 13.5. The molecule has 3 aromatic heterocycles. The highest BCUT2D eigenvalue weighted by atomic mass is 16.3. The van der Waals surface area contributed by atoms with Crippen LogP contribution in [0.4, 0.5) is 34.1 Å². The van der Waals surface area contributed by atoms with Gasteiger partial charge in [0.2, 0.25) is 0 Å². The quantitative estimate of drug-likeness (QED) is 0.165. The van der Waals surface area contributed by atoms with E-state index in [0.717, 1.165) is 78.0 Å². The summed E-state index contributed by atoms with van der Waals surface area (Å²) in [6.45, 7) is 20.5. The van der Waals surface area contributed by atoms with Gasteiger partial charge in [0.1, 0.15) is 11.2 Å². The Morgan fingerprint density at radius 1 is 0.421 bits per heavy atom. The maximum atomic E-state index is 7.28. The Morgan fingerprint density at radius 2 is 1.00 bits per heavy atom. The molecule has 5 nitrogen and oxygen atoms in total. The summed E-state index contributed by atoms with van der Waals surface area (Å²) < 4.78 is 17.0. The highest BCUT2D eigenvalue weighted by molar-refractivity contribution is 6.90. The van der Waals surface area contributed by atoms with Gasteiger partial charge in [-0.3, -0.25) is 0 Å². The first kappa shape index (κ1) is 45.0. The summed E-state index contributed by atoms with van der Waals surface area (Å²) in [6.07, 6.45) is 0. The molecule has 0 atom stereocenters. The zero-order valence-corrected chi connectivity index (χ0v) is 44.6. The third-order valence-electron chi connectivity index (χ3n) is 16.8. The molecule has 13 aromatic rings. The van der Waals surface area contributed by atoms with E-state index in [-0.39, 0.29) is 23.1 Å². The Labute approximate surface area is 443 Å². The second kappa shape index (κ2) is 15.6. The first-order valence-corrected chi connectivity index (χ1v) is 26.9. The third-order valence-corrected chi connectivity index (χ3v) is 16.8. The van der Waals surface area contributed by atoms with Crippen LogP contribution >= 0.6 is 0 Å². The second-order valence-electron chi connectivity index (χ2n) is 24.5. The van der Waals surface area contributed by atoms with Crippen LogP contribution in [0, 0.1) is 0 Å². The van der Waals surface area contributed by atoms with Crippen molar-refractivity contribution in [2.75, 3.05) is 9.80 Å². The average Bonchev–Trinajstić information content (AvgIpc) is 4.05. The summed E-state index contributed by atoms with van der Waals surface area (Å²) >= 11 is 0. The van der Waals surface area contributed by atoms with Gasteiger partial charge in [-0.05, 0) is 145 Å². The molecule has 0 fully saturated rings. The van der Waals surface area contributed by atoms with Crippen LogP contribution in [0.15, 0.2) is 197 Å². The van der Waals surface area contributed by atoms with Crippen molar-refractivity contribution < 1.29 is 8.83 Å². The molecule has 0 saturated carbocycles. The number of hydrogen-bond donors (Lipinski definition) is 0. The van der Waals surface area contributed by atoms with E-state index in [1.807, 2.05) is 0 Å². The molecule has 0 saturated heterocycles. The van der Waals surface area contributed by atoms with Crippen molar-refractivity contribution in [3.63, 3.8) is 0 Å². The van der Waals surface area contributed by atoms with Crippen LogP contribution in [0.1, 0.15) is 79.0 Å². The summed E-state index contributed by atoms with van der Waals surface area (Å²) in [5.41, 5.74) is 20.9. The molecule has 10 aromatic carbocycles. The van der Waals surface area contributed by atoms with Crippen LogP contribution in [-0.4, -0.2) is 11.3 Å². The lowest BCUT2D eigenvalue weighted by Gasteiger charge is -2.41. The molecule has 0 aliphatic carbocycles. The number of anilines is 6. The van der Waals surface area contributed by atoms with E-state index in [0.29, 0.717) is 0 Å². The van der Waals surface area contributed by atoms with Crippen molar-refractivity contribution in [3.05, 3.63) is 205 Å². The van der Waals surface area contributed by atoms with Gasteiger partial charge < -0.3 is 23.1 Å². The fourth-order valence-electron chi connectivity index (χ4n) is 12.9. The van der Waals surface area contributed by atoms with Crippen LogP contribution in [0.25, 0.3) is 87.6 Å². The summed E-state index contributed by atoms with van der Waals surface area (Å²) in [5.74, 6) is 0. The molecule has 0 N–H and O–H groups in total. The minimum atomic E-state index is -0.258. The Bertz CT molecular complexity index is 4530. The number of fused-ring (bicyclic) bond motifs is 16. The first-order chi connectivity index (χ1) is 36.6. The lowest BCUT2D eigenvalue weighted by Crippen LogP contribution is -2.56. The standard InChI is InChI=1S/C70H58BN3O2/c1-68(2,3)42-26-30-45(31-27-42)72(46-32-28-43(29-33-46)69(4,5)6)47-34-36-57-56(39-47)71-63-52(53-37-44(70(7,8)9)38-55-62-48-18-11-10-17-41(48)25-35-58(62)74(71)64(53)55)40-54-50-20-13-15-24-61(50)76-67(54)65(63)73(57)59-22-16-21-51-49-19-12-14-23-60(49)75-66(51)59/h10-40H,1-9H3. The van der Waals surface area contributed by atoms with Crippen LogP contribution in [0.2, 0.25) is 0 Å². The molecule has 0 spiro atoms. The molecule has 2 aliphatic heterocycles. The van der Waals surface area contributed by atoms with E-state index >= 15 is 0 Å². The van der Waals surface area contributed by atoms with Gasteiger partial charge in [0, 0.05) is 71.7 Å². The lowest BCUT2D eigenvalue weighted by atomic mass is 9.45. The Kier molecular flexibility index (Phi) is 9.20. The SMILES string of the molecule is CC(C)(C)c1ccc(N(c2ccc(C(C)(C)C)cc2)c2ccc3c(c2)B2c4c(cc5c(oc6ccccc65)c4N3c3cccc4c3oc3ccccc34)-c3cc(C(C)(C)C)cc4c5c6ccccc6ccc5n2c34)cc1. The van der Waals surface area contributed by atoms with E-state index in [2.05, 4.69) is 265 Å².